The summed E-state index contributed by atoms with van der Waals surface area (Å²) in [5.74, 6) is -1.57. The lowest BCUT2D eigenvalue weighted by molar-refractivity contribution is -0.148. The van der Waals surface area contributed by atoms with Crippen LogP contribution in [0.5, 0.6) is 0 Å². The lowest BCUT2D eigenvalue weighted by Crippen LogP contribution is -2.50. The predicted molar refractivity (Wildman–Crippen MR) is 49.2 cm³/mol. The van der Waals surface area contributed by atoms with Gasteiger partial charge in [0.05, 0.1) is 0 Å². The number of nitrogens with one attached hydrogen (secondary N) is 1. The molecule has 4 nitrogen and oxygen atoms in total. The van der Waals surface area contributed by atoms with Gasteiger partial charge in [0.15, 0.2) is 0 Å². The molecule has 0 aliphatic rings. The standard InChI is InChI=1S/C9H17NO3/c1-8(2,3)10-7(12)6(11)9(4,5)13/h13H,1-5H3,(H,10,12). The van der Waals surface area contributed by atoms with Gasteiger partial charge in [0.1, 0.15) is 5.60 Å². The van der Waals surface area contributed by atoms with Crippen molar-refractivity contribution in [3.8, 4) is 0 Å². The molecule has 0 saturated heterocycles. The van der Waals surface area contributed by atoms with Crippen molar-refractivity contribution in [2.24, 2.45) is 0 Å². The molecule has 0 rings (SSSR count). The van der Waals surface area contributed by atoms with Crippen LogP contribution in [-0.4, -0.2) is 27.9 Å². The fourth-order valence-corrected chi connectivity index (χ4v) is 0.675. The molecule has 0 aliphatic heterocycles. The third-order valence-electron chi connectivity index (χ3n) is 1.25. The van der Waals surface area contributed by atoms with Crippen molar-refractivity contribution in [3.63, 3.8) is 0 Å². The summed E-state index contributed by atoms with van der Waals surface area (Å²) in [4.78, 5) is 22.4. The van der Waals surface area contributed by atoms with Crippen LogP contribution in [0.1, 0.15) is 34.6 Å². The fraction of sp³-hybridized carbons (Fsp3) is 0.778. The lowest BCUT2D eigenvalue weighted by atomic mass is 10.0. The monoisotopic (exact) mass is 187 g/mol. The number of carbonyl (C=O) groups excluding carboxylic acids is 2. The number of Topliss-reactive ketones (excluding diaryl/α,β-unsaturated/α-hetero) is 1. The highest BCUT2D eigenvalue weighted by atomic mass is 16.3. The highest BCUT2D eigenvalue weighted by molar-refractivity contribution is 6.39. The van der Waals surface area contributed by atoms with Crippen molar-refractivity contribution in [1.82, 2.24) is 5.32 Å². The van der Waals surface area contributed by atoms with Crippen LogP contribution in [0.2, 0.25) is 0 Å². The molecule has 76 valence electrons. The Kier molecular flexibility index (Phi) is 3.22. The van der Waals surface area contributed by atoms with Crippen LogP contribution in [0.4, 0.5) is 0 Å². The first kappa shape index (κ1) is 12.1. The second-order valence-corrected chi connectivity index (χ2v) is 4.59. The van der Waals surface area contributed by atoms with Crippen LogP contribution in [0.25, 0.3) is 0 Å². The van der Waals surface area contributed by atoms with E-state index in [1.165, 1.54) is 13.8 Å². The fourth-order valence-electron chi connectivity index (χ4n) is 0.675. The number of hydrogen-bond donors (Lipinski definition) is 2. The maximum Gasteiger partial charge on any atom is 0.290 e. The minimum atomic E-state index is -1.60. The van der Waals surface area contributed by atoms with Crippen LogP contribution in [0, 0.1) is 0 Å². The van der Waals surface area contributed by atoms with E-state index in [4.69, 9.17) is 0 Å². The van der Waals surface area contributed by atoms with Crippen LogP contribution in [0.3, 0.4) is 0 Å². The van der Waals surface area contributed by atoms with Crippen molar-refractivity contribution in [2.45, 2.75) is 45.8 Å². The van der Waals surface area contributed by atoms with Crippen molar-refractivity contribution in [2.75, 3.05) is 0 Å². The third kappa shape index (κ3) is 4.62. The molecule has 13 heavy (non-hydrogen) atoms. The number of ketones is 1. The van der Waals surface area contributed by atoms with Gasteiger partial charge in [0, 0.05) is 5.54 Å². The molecule has 0 fully saturated rings. The Balaban J connectivity index is 4.40. The Morgan fingerprint density at radius 3 is 1.69 bits per heavy atom. The molecule has 1 amide bonds. The Bertz CT molecular complexity index is 220. The number of carbonyl (C=O) groups is 2. The third-order valence-corrected chi connectivity index (χ3v) is 1.25. The zero-order valence-corrected chi connectivity index (χ0v) is 8.76. The molecule has 0 spiro atoms. The summed E-state index contributed by atoms with van der Waals surface area (Å²) in [7, 11) is 0. The molecule has 0 unspecified atom stereocenters. The minimum Gasteiger partial charge on any atom is -0.382 e. The maximum absolute atomic E-state index is 11.2. The number of hydrogen-bond acceptors (Lipinski definition) is 3. The molecular formula is C9H17NO3. The van der Waals surface area contributed by atoms with Crippen molar-refractivity contribution < 1.29 is 14.7 Å². The Morgan fingerprint density at radius 1 is 1.08 bits per heavy atom. The quantitative estimate of drug-likeness (QED) is 0.609. The molecule has 0 aliphatic carbocycles. The summed E-state index contributed by atoms with van der Waals surface area (Å²) >= 11 is 0. The van der Waals surface area contributed by atoms with Crippen molar-refractivity contribution in [3.05, 3.63) is 0 Å². The first-order chi connectivity index (χ1) is 5.54. The summed E-state index contributed by atoms with van der Waals surface area (Å²) in [6.07, 6.45) is 0. The summed E-state index contributed by atoms with van der Waals surface area (Å²) in [5, 5.41) is 11.7. The zero-order chi connectivity index (χ0) is 10.9. The SMILES string of the molecule is CC(C)(C)NC(=O)C(=O)C(C)(C)O. The minimum absolute atomic E-state index is 0.460. The first-order valence-corrected chi connectivity index (χ1v) is 4.13. The average molecular weight is 187 g/mol. The van der Waals surface area contributed by atoms with Crippen molar-refractivity contribution in [1.29, 1.82) is 0 Å². The number of amides is 1. The average Bonchev–Trinajstić information content (AvgIpc) is 1.79. The molecule has 0 radical (unpaired) electrons. The van der Waals surface area contributed by atoms with E-state index in [0.717, 1.165) is 0 Å². The molecule has 0 heterocycles. The molecule has 0 aromatic carbocycles. The molecule has 0 aromatic rings. The Hall–Kier alpha value is -0.900. The van der Waals surface area contributed by atoms with Crippen LogP contribution in [-0.2, 0) is 9.59 Å². The topological polar surface area (TPSA) is 66.4 Å². The summed E-state index contributed by atoms with van der Waals surface area (Å²) in [5.41, 5.74) is -2.06. The Morgan fingerprint density at radius 2 is 1.46 bits per heavy atom. The van der Waals surface area contributed by atoms with Gasteiger partial charge in [-0.1, -0.05) is 0 Å². The normalized spacial score (nSPS) is 12.5. The summed E-state index contributed by atoms with van der Waals surface area (Å²) in [6.45, 7) is 7.88. The molecule has 0 bridgehead atoms. The molecule has 0 saturated carbocycles. The van der Waals surface area contributed by atoms with Gasteiger partial charge in [0.25, 0.3) is 11.7 Å². The van der Waals surface area contributed by atoms with E-state index in [-0.39, 0.29) is 0 Å². The molecule has 4 heteroatoms. The van der Waals surface area contributed by atoms with Gasteiger partial charge in [-0.05, 0) is 34.6 Å². The van der Waals surface area contributed by atoms with Gasteiger partial charge in [0.2, 0.25) is 0 Å². The van der Waals surface area contributed by atoms with E-state index in [9.17, 15) is 14.7 Å². The Labute approximate surface area is 78.3 Å². The largest absolute Gasteiger partial charge is 0.382 e. The molecular weight excluding hydrogens is 170 g/mol. The lowest BCUT2D eigenvalue weighted by Gasteiger charge is -2.22. The molecule has 0 aromatic heterocycles. The van der Waals surface area contributed by atoms with E-state index < -0.39 is 22.8 Å². The molecule has 0 atom stereocenters. The zero-order valence-electron chi connectivity index (χ0n) is 8.76. The number of aliphatic hydroxyl groups is 1. The number of rotatable bonds is 2. The second-order valence-electron chi connectivity index (χ2n) is 4.59. The van der Waals surface area contributed by atoms with Gasteiger partial charge >= 0.3 is 0 Å². The summed E-state index contributed by atoms with van der Waals surface area (Å²) < 4.78 is 0. The van der Waals surface area contributed by atoms with E-state index in [0.29, 0.717) is 0 Å². The predicted octanol–water partition coefficient (Wildman–Crippen LogP) is 0.241. The van der Waals surface area contributed by atoms with Crippen LogP contribution < -0.4 is 5.32 Å². The van der Waals surface area contributed by atoms with Crippen LogP contribution >= 0.6 is 0 Å². The van der Waals surface area contributed by atoms with Gasteiger partial charge < -0.3 is 10.4 Å². The second kappa shape index (κ2) is 3.46. The van der Waals surface area contributed by atoms with Crippen LogP contribution in [0.15, 0.2) is 0 Å². The van der Waals surface area contributed by atoms with Gasteiger partial charge in [-0.15, -0.1) is 0 Å². The first-order valence-electron chi connectivity index (χ1n) is 4.13. The van der Waals surface area contributed by atoms with Gasteiger partial charge in [-0.2, -0.15) is 0 Å². The van der Waals surface area contributed by atoms with Gasteiger partial charge in [-0.25, -0.2) is 0 Å². The van der Waals surface area contributed by atoms with E-state index in [2.05, 4.69) is 5.32 Å². The smallest absolute Gasteiger partial charge is 0.290 e. The maximum atomic E-state index is 11.2. The van der Waals surface area contributed by atoms with Crippen molar-refractivity contribution >= 4 is 11.7 Å². The molecule has 2 N–H and O–H groups in total. The highest BCUT2D eigenvalue weighted by Crippen LogP contribution is 2.05. The van der Waals surface area contributed by atoms with E-state index in [1.54, 1.807) is 20.8 Å². The summed E-state index contributed by atoms with van der Waals surface area (Å²) in [6, 6.07) is 0. The highest BCUT2D eigenvalue weighted by Gasteiger charge is 2.32. The van der Waals surface area contributed by atoms with E-state index >= 15 is 0 Å². The van der Waals surface area contributed by atoms with E-state index in [1.807, 2.05) is 0 Å². The van der Waals surface area contributed by atoms with Gasteiger partial charge in [-0.3, -0.25) is 9.59 Å².